The summed E-state index contributed by atoms with van der Waals surface area (Å²) in [5.74, 6) is 3.42. The second kappa shape index (κ2) is 15.9. The second-order valence-corrected chi connectivity index (χ2v) is 12.0. The molecule has 0 fully saturated rings. The highest BCUT2D eigenvalue weighted by Crippen LogP contribution is 2.38. The maximum absolute atomic E-state index is 6.44. The number of nitrogens with zero attached hydrogens (tertiary/aromatic N) is 4. The summed E-state index contributed by atoms with van der Waals surface area (Å²) in [5.41, 5.74) is 6.05. The molecule has 2 aromatic heterocycles. The monoisotopic (exact) mass is 628 g/mol. The highest BCUT2D eigenvalue weighted by atomic mass is 16.5. The largest absolute Gasteiger partial charge is 0.489 e. The van der Waals surface area contributed by atoms with Gasteiger partial charge in [-0.1, -0.05) is 65.5 Å². The number of fused-ring (bicyclic) bond motifs is 2. The lowest BCUT2D eigenvalue weighted by atomic mass is 10.2. The molecule has 0 bridgehead atoms. The van der Waals surface area contributed by atoms with Crippen LogP contribution in [0, 0.1) is 0 Å². The Labute approximate surface area is 274 Å². The zero-order valence-corrected chi connectivity index (χ0v) is 28.7. The standard InChI is InChI=1S/C38H52N4O4/c1-7-11-23-43-31-19-21-33(45-25-13-9-3)37-35(31)39(5)27-41(37)29-17-15-16-18-30(29)42-28-40(6)36-32(44-24-12-8-2)20-22-34(38(36)42)46-26-14-10-4/h15-22,27-28H,7-14,23-26H2,1-6H3/q+2. The van der Waals surface area contributed by atoms with E-state index in [1.54, 1.807) is 0 Å². The number of ether oxygens (including phenoxy) is 4. The molecule has 0 N–H and O–H groups in total. The van der Waals surface area contributed by atoms with Gasteiger partial charge in [-0.05, 0) is 62.1 Å². The molecule has 46 heavy (non-hydrogen) atoms. The van der Waals surface area contributed by atoms with Crippen LogP contribution in [0.3, 0.4) is 0 Å². The smallest absolute Gasteiger partial charge is 0.250 e. The van der Waals surface area contributed by atoms with Crippen LogP contribution in [-0.2, 0) is 14.1 Å². The first-order valence-electron chi connectivity index (χ1n) is 17.2. The van der Waals surface area contributed by atoms with E-state index in [9.17, 15) is 0 Å². The third kappa shape index (κ3) is 6.96. The third-order valence-corrected chi connectivity index (χ3v) is 8.34. The molecule has 8 nitrogen and oxygen atoms in total. The lowest BCUT2D eigenvalue weighted by Gasteiger charge is -2.12. The van der Waals surface area contributed by atoms with Gasteiger partial charge in [-0.3, -0.25) is 0 Å². The van der Waals surface area contributed by atoms with Crippen molar-refractivity contribution in [2.45, 2.75) is 79.1 Å². The lowest BCUT2D eigenvalue weighted by Crippen LogP contribution is -2.26. The van der Waals surface area contributed by atoms with E-state index in [1.807, 2.05) is 0 Å². The first-order chi connectivity index (χ1) is 22.5. The molecule has 0 radical (unpaired) electrons. The zero-order valence-electron chi connectivity index (χ0n) is 28.7. The predicted octanol–water partition coefficient (Wildman–Crippen LogP) is 7.94. The Kier molecular flexibility index (Phi) is 11.4. The minimum atomic E-state index is 0.662. The number of aromatic nitrogens is 4. The summed E-state index contributed by atoms with van der Waals surface area (Å²) < 4.78 is 34.3. The topological polar surface area (TPSA) is 54.5 Å². The SMILES string of the molecule is CCCCOc1ccc(OCCCC)c2c1n(-c1ccccc1-n1c[n+](C)c3c(OCCCC)ccc(OCCCC)c31)c[n+]2C. The molecular formula is C38H52N4O4+2. The van der Waals surface area contributed by atoms with E-state index in [-0.39, 0.29) is 0 Å². The lowest BCUT2D eigenvalue weighted by molar-refractivity contribution is -0.645. The van der Waals surface area contributed by atoms with Crippen LogP contribution < -0.4 is 28.1 Å². The molecule has 0 aliphatic carbocycles. The number of hydrogen-bond donors (Lipinski definition) is 0. The molecule has 3 aromatic carbocycles. The number of para-hydroxylation sites is 2. The van der Waals surface area contributed by atoms with Crippen molar-refractivity contribution in [2.75, 3.05) is 26.4 Å². The van der Waals surface area contributed by atoms with Crippen molar-refractivity contribution in [2.24, 2.45) is 14.1 Å². The molecule has 0 spiro atoms. The van der Waals surface area contributed by atoms with Gasteiger partial charge in [0.05, 0.1) is 40.5 Å². The minimum absolute atomic E-state index is 0.662. The first-order valence-corrected chi connectivity index (χ1v) is 17.2. The van der Waals surface area contributed by atoms with E-state index in [0.29, 0.717) is 26.4 Å². The molecule has 5 aromatic rings. The van der Waals surface area contributed by atoms with Crippen LogP contribution in [0.15, 0.2) is 61.2 Å². The summed E-state index contributed by atoms with van der Waals surface area (Å²) in [4.78, 5) is 0. The molecule has 5 rings (SSSR count). The fraction of sp³-hybridized carbons (Fsp3) is 0.474. The van der Waals surface area contributed by atoms with Gasteiger partial charge in [-0.15, -0.1) is 0 Å². The van der Waals surface area contributed by atoms with Crippen molar-refractivity contribution >= 4 is 22.1 Å². The van der Waals surface area contributed by atoms with E-state index >= 15 is 0 Å². The molecular weight excluding hydrogens is 576 g/mol. The van der Waals surface area contributed by atoms with Crippen molar-refractivity contribution in [3.05, 3.63) is 61.2 Å². The number of aryl methyl sites for hydroxylation is 2. The van der Waals surface area contributed by atoms with E-state index in [1.165, 1.54) is 0 Å². The van der Waals surface area contributed by atoms with Gasteiger partial charge in [0.25, 0.3) is 0 Å². The summed E-state index contributed by atoms with van der Waals surface area (Å²) >= 11 is 0. The predicted molar refractivity (Wildman–Crippen MR) is 184 cm³/mol. The molecule has 0 aliphatic heterocycles. The number of unbranched alkanes of at least 4 members (excludes halogenated alkanes) is 4. The Bertz CT molecular complexity index is 1610. The van der Waals surface area contributed by atoms with Crippen LogP contribution in [0.5, 0.6) is 23.0 Å². The highest BCUT2D eigenvalue weighted by Gasteiger charge is 2.30. The third-order valence-electron chi connectivity index (χ3n) is 8.34. The number of hydrogen-bond acceptors (Lipinski definition) is 4. The molecule has 0 saturated heterocycles. The highest BCUT2D eigenvalue weighted by molar-refractivity contribution is 5.89. The number of rotatable bonds is 18. The van der Waals surface area contributed by atoms with Crippen LogP contribution in [0.25, 0.3) is 33.4 Å². The Morgan fingerprint density at radius 2 is 0.804 bits per heavy atom. The van der Waals surface area contributed by atoms with Gasteiger partial charge in [0.2, 0.25) is 34.7 Å². The van der Waals surface area contributed by atoms with Gasteiger partial charge in [-0.25, -0.2) is 9.13 Å². The summed E-state index contributed by atoms with van der Waals surface area (Å²) in [6.45, 7) is 11.4. The Morgan fingerprint density at radius 1 is 0.478 bits per heavy atom. The maximum Gasteiger partial charge on any atom is 0.250 e. The molecule has 0 atom stereocenters. The van der Waals surface area contributed by atoms with E-state index in [2.05, 4.69) is 121 Å². The van der Waals surface area contributed by atoms with Crippen LogP contribution in [0.1, 0.15) is 79.1 Å². The Balaban J connectivity index is 1.72. The zero-order chi connectivity index (χ0) is 32.5. The minimum Gasteiger partial charge on any atom is -0.489 e. The van der Waals surface area contributed by atoms with Crippen molar-refractivity contribution < 1.29 is 28.1 Å². The quantitative estimate of drug-likeness (QED) is 0.0731. The maximum atomic E-state index is 6.44. The van der Waals surface area contributed by atoms with Crippen LogP contribution in [0.2, 0.25) is 0 Å². The van der Waals surface area contributed by atoms with Crippen molar-refractivity contribution in [3.63, 3.8) is 0 Å². The number of imidazole rings is 2. The molecule has 8 heteroatoms. The average Bonchev–Trinajstić information content (AvgIpc) is 3.60. The van der Waals surface area contributed by atoms with E-state index < -0.39 is 0 Å². The van der Waals surface area contributed by atoms with Crippen LogP contribution >= 0.6 is 0 Å². The fourth-order valence-corrected chi connectivity index (χ4v) is 5.82. The summed E-state index contributed by atoms with van der Waals surface area (Å²) in [6, 6.07) is 16.7. The van der Waals surface area contributed by atoms with Gasteiger partial charge < -0.3 is 18.9 Å². The molecule has 0 saturated carbocycles. The normalized spacial score (nSPS) is 11.4. The molecule has 0 aliphatic rings. The van der Waals surface area contributed by atoms with Gasteiger partial charge in [-0.2, -0.15) is 9.13 Å². The molecule has 0 unspecified atom stereocenters. The van der Waals surface area contributed by atoms with Gasteiger partial charge >= 0.3 is 0 Å². The second-order valence-electron chi connectivity index (χ2n) is 12.0. The van der Waals surface area contributed by atoms with Crippen molar-refractivity contribution in [3.8, 4) is 34.4 Å². The Morgan fingerprint density at radius 3 is 1.15 bits per heavy atom. The van der Waals surface area contributed by atoms with E-state index in [4.69, 9.17) is 18.9 Å². The van der Waals surface area contributed by atoms with Crippen molar-refractivity contribution in [1.29, 1.82) is 0 Å². The summed E-state index contributed by atoms with van der Waals surface area (Å²) in [5, 5.41) is 0. The first kappa shape index (κ1) is 33.2. The summed E-state index contributed by atoms with van der Waals surface area (Å²) in [7, 11) is 4.16. The average molecular weight is 629 g/mol. The molecule has 0 amide bonds. The Hall–Kier alpha value is -4.20. The molecule has 246 valence electrons. The van der Waals surface area contributed by atoms with Crippen LogP contribution in [0.4, 0.5) is 0 Å². The fourth-order valence-electron chi connectivity index (χ4n) is 5.82. The van der Waals surface area contributed by atoms with Gasteiger partial charge in [0.1, 0.15) is 0 Å². The number of benzene rings is 3. The summed E-state index contributed by atoms with van der Waals surface area (Å²) in [6.07, 6.45) is 12.6. The van der Waals surface area contributed by atoms with E-state index in [0.717, 1.165) is 108 Å². The van der Waals surface area contributed by atoms with Crippen molar-refractivity contribution in [1.82, 2.24) is 9.13 Å². The van der Waals surface area contributed by atoms with Crippen LogP contribution in [-0.4, -0.2) is 35.6 Å². The van der Waals surface area contributed by atoms with Gasteiger partial charge in [0.15, 0.2) is 34.4 Å². The van der Waals surface area contributed by atoms with Gasteiger partial charge in [0, 0.05) is 0 Å². The molecule has 2 heterocycles.